The minimum atomic E-state index is 0.329. The molecule has 0 atom stereocenters. The third kappa shape index (κ3) is 2.73. The van der Waals surface area contributed by atoms with E-state index in [1.807, 2.05) is 38.1 Å². The minimum absolute atomic E-state index is 0.329. The van der Waals surface area contributed by atoms with E-state index in [9.17, 15) is 5.11 Å². The van der Waals surface area contributed by atoms with E-state index in [1.54, 1.807) is 13.2 Å². The average Bonchev–Trinajstić information content (AvgIpc) is 2.38. The molecule has 0 aliphatic rings. The second-order valence-electron chi connectivity index (χ2n) is 4.54. The van der Waals surface area contributed by atoms with Gasteiger partial charge in [-0.1, -0.05) is 0 Å². The summed E-state index contributed by atoms with van der Waals surface area (Å²) in [6, 6.07) is 9.22. The number of ether oxygens (including phenoxy) is 1. The molecule has 0 fully saturated rings. The van der Waals surface area contributed by atoms with Crippen LogP contribution in [0.25, 0.3) is 0 Å². The largest absolute Gasteiger partial charge is 0.507 e. The highest BCUT2D eigenvalue weighted by Crippen LogP contribution is 2.32. The van der Waals surface area contributed by atoms with Gasteiger partial charge in [0.15, 0.2) is 0 Å². The van der Waals surface area contributed by atoms with Crippen LogP contribution < -0.4 is 15.8 Å². The lowest BCUT2D eigenvalue weighted by atomic mass is 10.1. The predicted octanol–water partition coefficient (Wildman–Crippen LogP) is 3.34. The highest BCUT2D eigenvalue weighted by molar-refractivity contribution is 5.70. The first-order valence-corrected chi connectivity index (χ1v) is 6.02. The molecule has 4 N–H and O–H groups in total. The topological polar surface area (TPSA) is 67.5 Å². The molecule has 2 rings (SSSR count). The zero-order valence-electron chi connectivity index (χ0n) is 11.3. The monoisotopic (exact) mass is 258 g/mol. The number of phenolic OH excluding ortho intramolecular Hbond substituents is 1. The van der Waals surface area contributed by atoms with E-state index in [4.69, 9.17) is 10.5 Å². The van der Waals surface area contributed by atoms with Crippen LogP contribution in [0.1, 0.15) is 11.1 Å². The van der Waals surface area contributed by atoms with Crippen molar-refractivity contribution in [1.82, 2.24) is 0 Å². The molecule has 100 valence electrons. The molecule has 0 amide bonds. The molecular formula is C15H18N2O2. The van der Waals surface area contributed by atoms with Crippen LogP contribution in [0, 0.1) is 13.8 Å². The first kappa shape index (κ1) is 13.1. The van der Waals surface area contributed by atoms with Crippen LogP contribution in [0.3, 0.4) is 0 Å². The summed E-state index contributed by atoms with van der Waals surface area (Å²) in [5.74, 6) is 1.01. The quantitative estimate of drug-likeness (QED) is 0.583. The number of aryl methyl sites for hydroxylation is 2. The zero-order valence-corrected chi connectivity index (χ0v) is 11.3. The highest BCUT2D eigenvalue weighted by atomic mass is 16.5. The third-order valence-corrected chi connectivity index (χ3v) is 3.00. The standard InChI is InChI=1S/C15H18N2O2/c1-9-6-12(7-10(2)15(9)18)17-13-5-4-11(16)8-14(13)19-3/h4-8,17-18H,16H2,1-3H3. The number of nitrogens with one attached hydrogen (secondary N) is 1. The van der Waals surface area contributed by atoms with Crippen molar-refractivity contribution in [3.8, 4) is 11.5 Å². The molecule has 0 aliphatic carbocycles. The molecule has 0 heterocycles. The van der Waals surface area contributed by atoms with Gasteiger partial charge in [-0.15, -0.1) is 0 Å². The van der Waals surface area contributed by atoms with Gasteiger partial charge in [0.2, 0.25) is 0 Å². The fraction of sp³-hybridized carbons (Fsp3) is 0.200. The number of methoxy groups -OCH3 is 1. The molecule has 2 aromatic rings. The molecule has 0 spiro atoms. The first-order chi connectivity index (χ1) is 9.01. The van der Waals surface area contributed by atoms with Crippen molar-refractivity contribution in [2.24, 2.45) is 0 Å². The molecule has 19 heavy (non-hydrogen) atoms. The van der Waals surface area contributed by atoms with Crippen molar-refractivity contribution in [1.29, 1.82) is 0 Å². The maximum absolute atomic E-state index is 9.76. The number of hydrogen-bond acceptors (Lipinski definition) is 4. The zero-order chi connectivity index (χ0) is 14.0. The number of nitrogen functional groups attached to an aromatic ring is 1. The molecule has 0 radical (unpaired) electrons. The van der Waals surface area contributed by atoms with E-state index in [1.165, 1.54) is 0 Å². The number of nitrogens with two attached hydrogens (primary N) is 1. The Kier molecular flexibility index (Phi) is 3.51. The molecule has 0 saturated heterocycles. The number of hydrogen-bond donors (Lipinski definition) is 3. The summed E-state index contributed by atoms with van der Waals surface area (Å²) in [5, 5.41) is 13.0. The number of benzene rings is 2. The fourth-order valence-corrected chi connectivity index (χ4v) is 1.99. The van der Waals surface area contributed by atoms with Crippen molar-refractivity contribution in [3.05, 3.63) is 41.5 Å². The molecule has 4 heteroatoms. The smallest absolute Gasteiger partial charge is 0.144 e. The van der Waals surface area contributed by atoms with Crippen LogP contribution in [0.15, 0.2) is 30.3 Å². The summed E-state index contributed by atoms with van der Waals surface area (Å²) >= 11 is 0. The van der Waals surface area contributed by atoms with Crippen LogP contribution in [0.4, 0.5) is 17.1 Å². The van der Waals surface area contributed by atoms with Gasteiger partial charge in [0, 0.05) is 17.4 Å². The highest BCUT2D eigenvalue weighted by Gasteiger charge is 2.07. The van der Waals surface area contributed by atoms with Crippen molar-refractivity contribution < 1.29 is 9.84 Å². The Balaban J connectivity index is 2.36. The number of rotatable bonds is 3. The second kappa shape index (κ2) is 5.10. The summed E-state index contributed by atoms with van der Waals surface area (Å²) in [4.78, 5) is 0. The number of anilines is 3. The van der Waals surface area contributed by atoms with Crippen LogP contribution in [0.5, 0.6) is 11.5 Å². The lowest BCUT2D eigenvalue weighted by Gasteiger charge is -2.13. The van der Waals surface area contributed by atoms with Crippen LogP contribution in [-0.4, -0.2) is 12.2 Å². The Morgan fingerprint density at radius 1 is 1.11 bits per heavy atom. The van der Waals surface area contributed by atoms with Crippen molar-refractivity contribution >= 4 is 17.1 Å². The van der Waals surface area contributed by atoms with Gasteiger partial charge in [-0.3, -0.25) is 0 Å². The van der Waals surface area contributed by atoms with E-state index >= 15 is 0 Å². The van der Waals surface area contributed by atoms with Crippen LogP contribution in [-0.2, 0) is 0 Å². The molecular weight excluding hydrogens is 240 g/mol. The molecule has 4 nitrogen and oxygen atoms in total. The van der Waals surface area contributed by atoms with Gasteiger partial charge in [-0.05, 0) is 49.2 Å². The van der Waals surface area contributed by atoms with Gasteiger partial charge in [0.05, 0.1) is 12.8 Å². The maximum atomic E-state index is 9.76. The lowest BCUT2D eigenvalue weighted by molar-refractivity contribution is 0.417. The number of aromatic hydroxyl groups is 1. The Morgan fingerprint density at radius 2 is 1.74 bits per heavy atom. The Labute approximate surface area is 112 Å². The summed E-state index contributed by atoms with van der Waals surface area (Å²) in [5.41, 5.74) is 9.77. The molecule has 0 unspecified atom stereocenters. The minimum Gasteiger partial charge on any atom is -0.507 e. The Bertz CT molecular complexity index is 586. The van der Waals surface area contributed by atoms with E-state index in [-0.39, 0.29) is 0 Å². The maximum Gasteiger partial charge on any atom is 0.144 e. The SMILES string of the molecule is COc1cc(N)ccc1Nc1cc(C)c(O)c(C)c1. The van der Waals surface area contributed by atoms with Gasteiger partial charge in [0.1, 0.15) is 11.5 Å². The average molecular weight is 258 g/mol. The molecule has 0 bridgehead atoms. The van der Waals surface area contributed by atoms with Gasteiger partial charge < -0.3 is 20.9 Å². The van der Waals surface area contributed by atoms with Crippen molar-refractivity contribution in [2.45, 2.75) is 13.8 Å². The summed E-state index contributed by atoms with van der Waals surface area (Å²) in [7, 11) is 1.60. The van der Waals surface area contributed by atoms with Crippen LogP contribution >= 0.6 is 0 Å². The molecule has 0 saturated carbocycles. The van der Waals surface area contributed by atoms with Crippen molar-refractivity contribution in [3.63, 3.8) is 0 Å². The normalized spacial score (nSPS) is 10.3. The Hall–Kier alpha value is -2.36. The molecule has 2 aromatic carbocycles. The van der Waals surface area contributed by atoms with Crippen LogP contribution in [0.2, 0.25) is 0 Å². The van der Waals surface area contributed by atoms with Gasteiger partial charge in [-0.25, -0.2) is 0 Å². The van der Waals surface area contributed by atoms with Crippen molar-refractivity contribution in [2.75, 3.05) is 18.2 Å². The molecule has 0 aliphatic heterocycles. The van der Waals surface area contributed by atoms with Gasteiger partial charge >= 0.3 is 0 Å². The fourth-order valence-electron chi connectivity index (χ4n) is 1.99. The first-order valence-electron chi connectivity index (χ1n) is 6.02. The summed E-state index contributed by atoms with van der Waals surface area (Å²) < 4.78 is 5.29. The van der Waals surface area contributed by atoms with E-state index in [2.05, 4.69) is 5.32 Å². The van der Waals surface area contributed by atoms with Gasteiger partial charge in [-0.2, -0.15) is 0 Å². The summed E-state index contributed by atoms with van der Waals surface area (Å²) in [6.45, 7) is 3.74. The number of phenols is 1. The Morgan fingerprint density at radius 3 is 2.32 bits per heavy atom. The molecule has 0 aromatic heterocycles. The van der Waals surface area contributed by atoms with Gasteiger partial charge in [0.25, 0.3) is 0 Å². The van der Waals surface area contributed by atoms with E-state index in [0.717, 1.165) is 22.5 Å². The lowest BCUT2D eigenvalue weighted by Crippen LogP contribution is -1.97. The third-order valence-electron chi connectivity index (χ3n) is 3.00. The van der Waals surface area contributed by atoms with E-state index < -0.39 is 0 Å². The second-order valence-corrected chi connectivity index (χ2v) is 4.54. The van der Waals surface area contributed by atoms with E-state index in [0.29, 0.717) is 17.2 Å². The summed E-state index contributed by atoms with van der Waals surface area (Å²) in [6.07, 6.45) is 0. The predicted molar refractivity (Wildman–Crippen MR) is 78.3 cm³/mol.